The molecule has 2 saturated heterocycles. The number of likely N-dealkylation sites (N-methyl/N-ethyl adjacent to an activating group) is 2. The summed E-state index contributed by atoms with van der Waals surface area (Å²) in [5, 5.41) is 5.25. The maximum absolute atomic E-state index is 13.8. The highest BCUT2D eigenvalue weighted by Gasteiger charge is 2.50. The fourth-order valence-electron chi connectivity index (χ4n) is 12.1. The Hall–Kier alpha value is -7.82. The van der Waals surface area contributed by atoms with Crippen LogP contribution in [0.3, 0.4) is 0 Å². The first kappa shape index (κ1) is 70.5. The molecular formula is C66H76F6N8O12S2. The third kappa shape index (κ3) is 17.2. The van der Waals surface area contributed by atoms with Crippen molar-refractivity contribution in [3.05, 3.63) is 141 Å². The molecule has 14 bridgehead atoms. The molecule has 4 amide bonds. The molecule has 0 radical (unpaired) electrons. The van der Waals surface area contributed by atoms with E-state index in [1.165, 1.54) is 30.5 Å². The van der Waals surface area contributed by atoms with Gasteiger partial charge in [0.2, 0.25) is 20.0 Å². The number of sulfonamides is 2. The first-order chi connectivity index (χ1) is 44.3. The summed E-state index contributed by atoms with van der Waals surface area (Å²) in [5.74, 6) is -2.29. The van der Waals surface area contributed by atoms with Crippen LogP contribution in [0.4, 0.5) is 26.3 Å². The van der Waals surface area contributed by atoms with Gasteiger partial charge in [0.15, 0.2) is 11.6 Å². The van der Waals surface area contributed by atoms with Crippen LogP contribution >= 0.6 is 0 Å². The monoisotopic (exact) mass is 1350 g/mol. The molecule has 506 valence electrons. The molecule has 0 aliphatic carbocycles. The van der Waals surface area contributed by atoms with Crippen molar-refractivity contribution in [1.29, 1.82) is 0 Å². The van der Waals surface area contributed by atoms with E-state index in [-0.39, 0.29) is 173 Å². The maximum Gasteiger partial charge on any atom is 0.416 e. The van der Waals surface area contributed by atoms with E-state index >= 15 is 0 Å². The minimum Gasteiger partial charge on any atom is -0.494 e. The normalized spacial score (nSPS) is 25.0. The van der Waals surface area contributed by atoms with Crippen LogP contribution in [0.1, 0.15) is 142 Å². The predicted octanol–water partition coefficient (Wildman–Crippen LogP) is 8.34. The third-order valence-electron chi connectivity index (χ3n) is 17.7. The second kappa shape index (κ2) is 29.0. The number of aryl methyl sites for hydroxylation is 4. The number of Topliss-reactive ketones (excluding diaryl/α,β-unsaturated/α-hetero) is 2. The van der Waals surface area contributed by atoms with Crippen LogP contribution in [-0.4, -0.2) is 171 Å². The molecule has 10 aliphatic rings. The predicted molar refractivity (Wildman–Crippen MR) is 338 cm³/mol. The van der Waals surface area contributed by atoms with E-state index in [0.29, 0.717) is 49.7 Å². The average molecular weight is 1350 g/mol. The molecule has 2 spiro atoms. The number of benzene rings is 4. The number of allylic oxidation sites excluding steroid dienone is 1. The largest absolute Gasteiger partial charge is 0.494 e. The van der Waals surface area contributed by atoms with Crippen molar-refractivity contribution in [3.8, 4) is 11.5 Å². The highest BCUT2D eigenvalue weighted by Crippen LogP contribution is 2.39. The topological polar surface area (TPSA) is 251 Å². The zero-order valence-corrected chi connectivity index (χ0v) is 54.4. The number of fused-ring (bicyclic) bond motifs is 4. The number of amidine groups is 2. The number of halogens is 6. The maximum atomic E-state index is 13.8. The minimum atomic E-state index is -4.68. The number of aliphatic imine (C=N–C) groups is 2. The number of ether oxygens (including phenoxy) is 2. The highest BCUT2D eigenvalue weighted by atomic mass is 32.2. The number of hydrogen-bond donors (Lipinski definition) is 2. The molecule has 0 saturated carbocycles. The van der Waals surface area contributed by atoms with Gasteiger partial charge in [-0.05, 0) is 161 Å². The summed E-state index contributed by atoms with van der Waals surface area (Å²) >= 11 is 0. The van der Waals surface area contributed by atoms with Gasteiger partial charge in [0.25, 0.3) is 23.6 Å². The number of hydrogen-bond acceptors (Lipinski definition) is 14. The molecule has 4 aromatic rings. The SMILES string of the molecule is Cc1cc2ccc1CCS(=O)(=O)N1CCC3(CC1)N=C(NC3=O)c1cc(cc(C(F)(F)F)c1)OCC/C=C/CCC(=O)CN(C)C2=O.Cc1cc2ccc1CCS(=O)(=O)N1CCC3(CC1)N=C(NC3=O)c1cc(cc(C(F)(F)F)c1)OCCCCCCC(=O)CN(C)C2=O. The molecule has 94 heavy (non-hydrogen) atoms. The Kier molecular flexibility index (Phi) is 21.8. The lowest BCUT2D eigenvalue weighted by molar-refractivity contribution is -0.138. The minimum absolute atomic E-state index is 0.00710. The summed E-state index contributed by atoms with van der Waals surface area (Å²) in [6, 6.07) is 16.5. The number of nitrogens with zero attached hydrogens (tertiary/aromatic N) is 6. The Morgan fingerprint density at radius 3 is 1.34 bits per heavy atom. The Balaban J connectivity index is 0.000000221. The Morgan fingerprint density at radius 1 is 0.489 bits per heavy atom. The van der Waals surface area contributed by atoms with Gasteiger partial charge in [0, 0.05) is 75.4 Å². The number of amides is 4. The smallest absolute Gasteiger partial charge is 0.416 e. The van der Waals surface area contributed by atoms with E-state index in [0.717, 1.165) is 46.5 Å². The van der Waals surface area contributed by atoms with Crippen molar-refractivity contribution >= 4 is 66.9 Å². The Bertz CT molecular complexity index is 3900. The number of ketones is 2. The third-order valence-corrected chi connectivity index (χ3v) is 21.5. The van der Waals surface area contributed by atoms with Crippen molar-refractivity contribution in [2.75, 3.05) is 78.1 Å². The fraction of sp³-hybridized carbons (Fsp3) is 0.485. The number of rotatable bonds is 0. The Labute approximate surface area is 542 Å². The molecule has 20 nitrogen and oxygen atoms in total. The molecule has 10 aliphatic heterocycles. The zero-order valence-electron chi connectivity index (χ0n) is 52.7. The van der Waals surface area contributed by atoms with Gasteiger partial charge in [0.1, 0.15) is 34.2 Å². The standard InChI is InChI=1S/C33H39F3N4O6S.C33H37F3N4O6S/c2*1-22-17-24-9-8-23(22)10-16-47(44,45)40-13-11-32(12-14-40)31(43)37-29(38-32)25-18-26(33(34,35)36)20-28(19-25)46-15-6-4-3-5-7-27(41)21-39(2)30(24)42/h8-9,17-20H,3-7,10-16,21H2,1-2H3,(H,37,38,43);3-4,8-9,17-20H,5-7,10-16,21H2,1-2H3,(H,37,38,43)/b;4-3+. The van der Waals surface area contributed by atoms with Gasteiger partial charge < -0.3 is 29.9 Å². The van der Waals surface area contributed by atoms with Gasteiger partial charge in [-0.15, -0.1) is 0 Å². The van der Waals surface area contributed by atoms with Crippen molar-refractivity contribution in [2.24, 2.45) is 9.98 Å². The summed E-state index contributed by atoms with van der Waals surface area (Å²) in [4.78, 5) is 89.1. The van der Waals surface area contributed by atoms with E-state index in [9.17, 15) is 71.9 Å². The van der Waals surface area contributed by atoms with Crippen LogP contribution in [0.25, 0.3) is 0 Å². The van der Waals surface area contributed by atoms with E-state index in [4.69, 9.17) is 9.47 Å². The van der Waals surface area contributed by atoms with Crippen molar-refractivity contribution in [3.63, 3.8) is 0 Å². The van der Waals surface area contributed by atoms with Gasteiger partial charge in [0.05, 0.1) is 48.9 Å². The summed E-state index contributed by atoms with van der Waals surface area (Å²) in [5.41, 5.74) is -0.567. The van der Waals surface area contributed by atoms with E-state index in [2.05, 4.69) is 20.6 Å². The molecule has 0 atom stereocenters. The van der Waals surface area contributed by atoms with Crippen LogP contribution < -0.4 is 20.1 Å². The summed E-state index contributed by atoms with van der Waals surface area (Å²) in [7, 11) is -4.33. The molecular weight excluding hydrogens is 1270 g/mol. The van der Waals surface area contributed by atoms with Crippen LogP contribution in [0.15, 0.2) is 94.9 Å². The van der Waals surface area contributed by atoms with Crippen LogP contribution in [-0.2, 0) is 64.4 Å². The lowest BCUT2D eigenvalue weighted by Crippen LogP contribution is -2.50. The molecule has 2 N–H and O–H groups in total. The zero-order chi connectivity index (χ0) is 68.0. The van der Waals surface area contributed by atoms with E-state index in [1.54, 1.807) is 76.5 Å². The Morgan fingerprint density at radius 2 is 0.904 bits per heavy atom. The van der Waals surface area contributed by atoms with Crippen LogP contribution in [0.2, 0.25) is 0 Å². The number of piperidine rings is 2. The van der Waals surface area contributed by atoms with Gasteiger partial charge in [-0.25, -0.2) is 25.4 Å². The molecule has 10 heterocycles. The van der Waals surface area contributed by atoms with Gasteiger partial charge >= 0.3 is 12.4 Å². The van der Waals surface area contributed by atoms with Crippen molar-refractivity contribution in [1.82, 2.24) is 29.0 Å². The van der Waals surface area contributed by atoms with E-state index < -0.39 is 66.4 Å². The number of nitrogens with one attached hydrogen (secondary N) is 2. The first-order valence-electron chi connectivity index (χ1n) is 31.2. The van der Waals surface area contributed by atoms with Crippen LogP contribution in [0.5, 0.6) is 11.5 Å². The van der Waals surface area contributed by atoms with Gasteiger partial charge in [-0.1, -0.05) is 37.1 Å². The number of alkyl halides is 6. The second-order valence-corrected chi connectivity index (χ2v) is 28.8. The lowest BCUT2D eigenvalue weighted by atomic mass is 9.89. The molecule has 0 aromatic heterocycles. The van der Waals surface area contributed by atoms with Crippen LogP contribution in [0, 0.1) is 13.8 Å². The molecule has 2 fully saturated rings. The number of carbonyl (C=O) groups is 6. The molecule has 28 heteroatoms. The lowest BCUT2D eigenvalue weighted by Gasteiger charge is -2.34. The molecule has 4 aromatic carbocycles. The van der Waals surface area contributed by atoms with Gasteiger partial charge in [-0.3, -0.25) is 38.8 Å². The second-order valence-electron chi connectivity index (χ2n) is 24.7. The fourth-order valence-corrected chi connectivity index (χ4v) is 15.1. The first-order valence-corrected chi connectivity index (χ1v) is 34.4. The number of carbonyl (C=O) groups excluding carboxylic acids is 6. The van der Waals surface area contributed by atoms with Crippen molar-refractivity contribution < 1.29 is 81.4 Å². The summed E-state index contributed by atoms with van der Waals surface area (Å²) in [6.07, 6.45) is -1.26. The molecule has 14 rings (SSSR count). The summed E-state index contributed by atoms with van der Waals surface area (Å²) < 4.78 is 150. The molecule has 0 unspecified atom stereocenters. The quantitative estimate of drug-likeness (QED) is 0.125. The summed E-state index contributed by atoms with van der Waals surface area (Å²) in [6.45, 7) is 3.80. The van der Waals surface area contributed by atoms with E-state index in [1.807, 2.05) is 0 Å². The van der Waals surface area contributed by atoms with Crippen molar-refractivity contribution in [2.45, 2.75) is 127 Å². The highest BCUT2D eigenvalue weighted by molar-refractivity contribution is 7.89. The van der Waals surface area contributed by atoms with Gasteiger partial charge in [-0.2, -0.15) is 26.3 Å². The average Bonchev–Trinajstić information content (AvgIpc) is 1.60.